The van der Waals surface area contributed by atoms with Gasteiger partial charge in [0.1, 0.15) is 0 Å². The molecule has 5 rings (SSSR count). The summed E-state index contributed by atoms with van der Waals surface area (Å²) in [5.41, 5.74) is 13.1. The Kier molecular flexibility index (Phi) is 6.48. The number of primary amides is 1. The van der Waals surface area contributed by atoms with Crippen LogP contribution >= 0.6 is 0 Å². The Morgan fingerprint density at radius 1 is 0.914 bits per heavy atom. The summed E-state index contributed by atoms with van der Waals surface area (Å²) in [6.07, 6.45) is 8.40. The fraction of sp³-hybridized carbons (Fsp3) is 0.143. The van der Waals surface area contributed by atoms with E-state index in [9.17, 15) is 4.79 Å². The van der Waals surface area contributed by atoms with Crippen LogP contribution in [-0.4, -0.2) is 26.5 Å². The van der Waals surface area contributed by atoms with Crippen molar-refractivity contribution in [2.75, 3.05) is 4.90 Å². The lowest BCUT2D eigenvalue weighted by atomic mass is 9.98. The molecule has 0 atom stereocenters. The van der Waals surface area contributed by atoms with Crippen molar-refractivity contribution in [1.82, 2.24) is 20.6 Å². The van der Waals surface area contributed by atoms with E-state index in [2.05, 4.69) is 98.5 Å². The summed E-state index contributed by atoms with van der Waals surface area (Å²) in [6, 6.07) is 25.0. The number of nitrogens with two attached hydrogens (primary N) is 1. The summed E-state index contributed by atoms with van der Waals surface area (Å²) in [5, 5.41) is 14.4. The lowest BCUT2D eigenvalue weighted by Crippen LogP contribution is -2.16. The first-order valence-electron chi connectivity index (χ1n) is 11.6. The molecule has 1 amide bonds. The maximum Gasteiger partial charge on any atom is 0.217 e. The van der Waals surface area contributed by atoms with Crippen LogP contribution in [-0.2, 0) is 11.3 Å². The van der Waals surface area contributed by atoms with Gasteiger partial charge < -0.3 is 10.6 Å². The van der Waals surface area contributed by atoms with Gasteiger partial charge in [-0.15, -0.1) is 5.10 Å². The molecule has 0 fully saturated rings. The fourth-order valence-electron chi connectivity index (χ4n) is 4.35. The van der Waals surface area contributed by atoms with Crippen LogP contribution in [0.4, 0.5) is 5.69 Å². The third kappa shape index (κ3) is 5.19. The van der Waals surface area contributed by atoms with Crippen LogP contribution in [0.5, 0.6) is 0 Å². The smallest absolute Gasteiger partial charge is 0.217 e. The van der Waals surface area contributed by atoms with Crippen LogP contribution in [0.25, 0.3) is 28.6 Å². The Labute approximate surface area is 204 Å². The van der Waals surface area contributed by atoms with Crippen molar-refractivity contribution in [3.63, 3.8) is 0 Å². The number of amides is 1. The zero-order valence-electron chi connectivity index (χ0n) is 19.3. The van der Waals surface area contributed by atoms with Crippen LogP contribution in [0.15, 0.2) is 90.6 Å². The molecular weight excluding hydrogens is 436 g/mol. The molecule has 0 aliphatic carbocycles. The molecule has 3 aromatic carbocycles. The number of hydrogen-bond donors (Lipinski definition) is 2. The number of carbonyl (C=O) groups excluding carboxylic acids is 1. The molecule has 1 aromatic heterocycles. The highest BCUT2D eigenvalue weighted by Gasteiger charge is 2.14. The molecule has 0 radical (unpaired) electrons. The van der Waals surface area contributed by atoms with Crippen molar-refractivity contribution in [3.8, 4) is 22.5 Å². The average molecular weight is 463 g/mol. The van der Waals surface area contributed by atoms with Gasteiger partial charge in [0.2, 0.25) is 5.91 Å². The maximum absolute atomic E-state index is 11.2. The molecule has 0 saturated carbocycles. The van der Waals surface area contributed by atoms with Gasteiger partial charge in [0.25, 0.3) is 0 Å². The van der Waals surface area contributed by atoms with E-state index < -0.39 is 0 Å². The highest BCUT2D eigenvalue weighted by Crippen LogP contribution is 2.32. The zero-order valence-corrected chi connectivity index (χ0v) is 19.3. The van der Waals surface area contributed by atoms with Gasteiger partial charge in [-0.2, -0.15) is 0 Å². The molecule has 0 saturated heterocycles. The Balaban J connectivity index is 1.40. The topological polar surface area (TPSA) is 101 Å². The van der Waals surface area contributed by atoms with Crippen molar-refractivity contribution in [1.29, 1.82) is 0 Å². The van der Waals surface area contributed by atoms with E-state index in [1.165, 1.54) is 16.7 Å². The van der Waals surface area contributed by atoms with E-state index in [0.29, 0.717) is 12.2 Å². The van der Waals surface area contributed by atoms with Crippen molar-refractivity contribution in [2.45, 2.75) is 25.8 Å². The number of allylic oxidation sites excluding steroid dienone is 2. The molecule has 4 aromatic rings. The number of carbonyl (C=O) groups is 1. The number of nitrogens with one attached hydrogen (secondary N) is 1. The predicted octanol–water partition coefficient (Wildman–Crippen LogP) is 5.11. The van der Waals surface area contributed by atoms with Gasteiger partial charge >= 0.3 is 0 Å². The molecule has 0 unspecified atom stereocenters. The number of aromatic amines is 1. The number of fused-ring (bicyclic) bond motifs is 1. The number of anilines is 1. The minimum atomic E-state index is -0.260. The van der Waals surface area contributed by atoms with Crippen molar-refractivity contribution in [2.24, 2.45) is 5.73 Å². The maximum atomic E-state index is 11.2. The zero-order chi connectivity index (χ0) is 24.0. The highest BCUT2D eigenvalue weighted by atomic mass is 16.1. The Morgan fingerprint density at radius 3 is 2.46 bits per heavy atom. The van der Waals surface area contributed by atoms with Crippen LogP contribution in [0.1, 0.15) is 30.4 Å². The number of tetrazole rings is 1. The molecule has 0 spiro atoms. The number of benzene rings is 3. The Morgan fingerprint density at radius 2 is 1.69 bits per heavy atom. The first-order chi connectivity index (χ1) is 17.2. The third-order valence-electron chi connectivity index (χ3n) is 6.08. The molecule has 2 heterocycles. The van der Waals surface area contributed by atoms with E-state index in [4.69, 9.17) is 5.73 Å². The first kappa shape index (κ1) is 22.3. The third-order valence-corrected chi connectivity index (χ3v) is 6.08. The van der Waals surface area contributed by atoms with Gasteiger partial charge in [0.15, 0.2) is 5.82 Å². The number of nitrogens with zero attached hydrogens (tertiary/aromatic N) is 4. The lowest BCUT2D eigenvalue weighted by Gasteiger charge is -2.23. The van der Waals surface area contributed by atoms with E-state index in [0.717, 1.165) is 41.8 Å². The Hall–Kier alpha value is -4.52. The van der Waals surface area contributed by atoms with Gasteiger partial charge in [0, 0.05) is 30.4 Å². The SMILES string of the molecule is NC(=O)CCCC1=CN(Cc2ccc(-c3ccccc3-c3nnn[nH]3)cc2)c2ccccc2C=C1. The summed E-state index contributed by atoms with van der Waals surface area (Å²) < 4.78 is 0. The lowest BCUT2D eigenvalue weighted by molar-refractivity contribution is -0.118. The average Bonchev–Trinajstić information content (AvgIpc) is 3.36. The van der Waals surface area contributed by atoms with Crippen LogP contribution in [0.3, 0.4) is 0 Å². The Bertz CT molecular complexity index is 1370. The summed E-state index contributed by atoms with van der Waals surface area (Å²) >= 11 is 0. The predicted molar refractivity (Wildman–Crippen MR) is 138 cm³/mol. The summed E-state index contributed by atoms with van der Waals surface area (Å²) in [4.78, 5) is 13.4. The standard InChI is InChI=1S/C28H26N6O/c29-27(35)11-5-6-20-14-17-23-7-1-4-10-26(23)34(18-20)19-21-12-15-22(16-13-21)24-8-2-3-9-25(24)28-30-32-33-31-28/h1-4,7-10,12-18H,5-6,11,19H2,(H2,29,35)(H,30,31,32,33). The summed E-state index contributed by atoms with van der Waals surface area (Å²) in [7, 11) is 0. The van der Waals surface area contributed by atoms with E-state index in [-0.39, 0.29) is 5.91 Å². The number of para-hydroxylation sites is 1. The minimum absolute atomic E-state index is 0.260. The van der Waals surface area contributed by atoms with Crippen molar-refractivity contribution < 1.29 is 4.79 Å². The molecule has 1 aliphatic rings. The second-order valence-electron chi connectivity index (χ2n) is 8.54. The fourth-order valence-corrected chi connectivity index (χ4v) is 4.35. The van der Waals surface area contributed by atoms with Gasteiger partial charge in [-0.05, 0) is 57.2 Å². The summed E-state index contributed by atoms with van der Waals surface area (Å²) in [5.74, 6) is 0.386. The molecule has 0 bridgehead atoms. The van der Waals surface area contributed by atoms with Gasteiger partial charge in [-0.25, -0.2) is 5.10 Å². The number of aromatic nitrogens is 4. The molecule has 1 aliphatic heterocycles. The highest BCUT2D eigenvalue weighted by molar-refractivity contribution is 5.80. The van der Waals surface area contributed by atoms with Gasteiger partial charge in [0.05, 0.1) is 0 Å². The van der Waals surface area contributed by atoms with Gasteiger partial charge in [-0.1, -0.05) is 78.9 Å². The normalized spacial score (nSPS) is 12.7. The monoisotopic (exact) mass is 462 g/mol. The second kappa shape index (κ2) is 10.2. The van der Waals surface area contributed by atoms with Crippen molar-refractivity contribution >= 4 is 17.7 Å². The van der Waals surface area contributed by atoms with Gasteiger partial charge in [-0.3, -0.25) is 4.79 Å². The molecule has 3 N–H and O–H groups in total. The quantitative estimate of drug-likeness (QED) is 0.379. The molecule has 174 valence electrons. The number of hydrogen-bond acceptors (Lipinski definition) is 5. The van der Waals surface area contributed by atoms with E-state index in [1.54, 1.807) is 0 Å². The van der Waals surface area contributed by atoms with E-state index in [1.807, 2.05) is 18.2 Å². The van der Waals surface area contributed by atoms with E-state index >= 15 is 0 Å². The molecule has 7 heteroatoms. The van der Waals surface area contributed by atoms with Crippen molar-refractivity contribution in [3.05, 3.63) is 102 Å². The largest absolute Gasteiger partial charge is 0.370 e. The molecular formula is C28H26N6O. The number of H-pyrrole nitrogens is 1. The van der Waals surface area contributed by atoms with Crippen LogP contribution in [0.2, 0.25) is 0 Å². The molecule has 35 heavy (non-hydrogen) atoms. The second-order valence-corrected chi connectivity index (χ2v) is 8.54. The van der Waals surface area contributed by atoms with Crippen LogP contribution in [0, 0.1) is 0 Å². The minimum Gasteiger partial charge on any atom is -0.370 e. The molecule has 7 nitrogen and oxygen atoms in total. The summed E-state index contributed by atoms with van der Waals surface area (Å²) in [6.45, 7) is 0.728. The van der Waals surface area contributed by atoms with Crippen LogP contribution < -0.4 is 10.6 Å². The first-order valence-corrected chi connectivity index (χ1v) is 11.6. The number of rotatable bonds is 8.